The summed E-state index contributed by atoms with van der Waals surface area (Å²) in [5.41, 5.74) is 0.971. The van der Waals surface area contributed by atoms with Gasteiger partial charge >= 0.3 is 0 Å². The van der Waals surface area contributed by atoms with Crippen LogP contribution in [0.1, 0.15) is 19.8 Å². The van der Waals surface area contributed by atoms with Gasteiger partial charge in [0, 0.05) is 27.2 Å². The number of hydrogen-bond donors (Lipinski definition) is 0. The molecule has 0 saturated carbocycles. The Morgan fingerprint density at radius 3 is 2.88 bits per heavy atom. The number of likely N-dealkylation sites (tertiary alicyclic amines) is 1. The summed E-state index contributed by atoms with van der Waals surface area (Å²) in [7, 11) is -0.555. The fourth-order valence-corrected chi connectivity index (χ4v) is 4.61. The van der Waals surface area contributed by atoms with Gasteiger partial charge in [0.1, 0.15) is 5.52 Å². The number of aromatic nitrogens is 1. The number of fused-ring (bicyclic) bond motifs is 1. The highest BCUT2D eigenvalue weighted by Gasteiger charge is 2.22. The van der Waals surface area contributed by atoms with Crippen LogP contribution in [0.4, 0.5) is 0 Å². The van der Waals surface area contributed by atoms with Crippen molar-refractivity contribution in [3.63, 3.8) is 0 Å². The summed E-state index contributed by atoms with van der Waals surface area (Å²) in [6.07, 6.45) is 2.21. The van der Waals surface area contributed by atoms with Crippen LogP contribution in [-0.4, -0.2) is 61.5 Å². The Morgan fingerprint density at radius 1 is 1.42 bits per heavy atom. The standard InChI is InChI=1S/C17H23N3O4S2/c1-12-5-4-8-20(10-12)16(21)11-25-17-18-14-9-13(6-7-15(14)24-17)26(22,23)19(2)3/h6-7,9,12H,4-5,8,10-11H2,1-3H3/t12-/m1/s1. The van der Waals surface area contributed by atoms with E-state index in [0.717, 1.165) is 23.8 Å². The van der Waals surface area contributed by atoms with Crippen molar-refractivity contribution in [1.82, 2.24) is 14.2 Å². The van der Waals surface area contributed by atoms with Crippen LogP contribution in [0.3, 0.4) is 0 Å². The number of benzene rings is 1. The van der Waals surface area contributed by atoms with Crippen LogP contribution in [0, 0.1) is 5.92 Å². The molecule has 0 N–H and O–H groups in total. The quantitative estimate of drug-likeness (QED) is 0.721. The van der Waals surface area contributed by atoms with Gasteiger partial charge in [0.05, 0.1) is 10.6 Å². The van der Waals surface area contributed by atoms with Crippen molar-refractivity contribution in [3.8, 4) is 0 Å². The lowest BCUT2D eigenvalue weighted by Gasteiger charge is -2.30. The van der Waals surface area contributed by atoms with E-state index < -0.39 is 10.0 Å². The van der Waals surface area contributed by atoms with Gasteiger partial charge in [-0.25, -0.2) is 17.7 Å². The van der Waals surface area contributed by atoms with Gasteiger partial charge in [0.2, 0.25) is 15.9 Å². The third-order valence-electron chi connectivity index (χ3n) is 4.45. The monoisotopic (exact) mass is 397 g/mol. The molecule has 0 aliphatic carbocycles. The Morgan fingerprint density at radius 2 is 2.19 bits per heavy atom. The molecule has 1 aromatic carbocycles. The first-order chi connectivity index (χ1) is 12.3. The molecule has 1 aliphatic rings. The summed E-state index contributed by atoms with van der Waals surface area (Å²) in [5.74, 6) is 0.890. The van der Waals surface area contributed by atoms with Crippen LogP contribution in [0.5, 0.6) is 0 Å². The topological polar surface area (TPSA) is 83.7 Å². The highest BCUT2D eigenvalue weighted by molar-refractivity contribution is 7.99. The number of carbonyl (C=O) groups is 1. The summed E-state index contributed by atoms with van der Waals surface area (Å²) in [6.45, 7) is 3.77. The zero-order valence-electron chi connectivity index (χ0n) is 15.1. The van der Waals surface area contributed by atoms with Crippen molar-refractivity contribution in [3.05, 3.63) is 18.2 Å². The second-order valence-corrected chi connectivity index (χ2v) is 9.85. The van der Waals surface area contributed by atoms with Crippen LogP contribution in [0.2, 0.25) is 0 Å². The van der Waals surface area contributed by atoms with Gasteiger partial charge in [0.25, 0.3) is 5.22 Å². The predicted octanol–water partition coefficient (Wildman–Crippen LogP) is 2.43. The molecule has 7 nitrogen and oxygen atoms in total. The van der Waals surface area contributed by atoms with Crippen LogP contribution < -0.4 is 0 Å². The van der Waals surface area contributed by atoms with Crippen molar-refractivity contribution in [2.45, 2.75) is 29.9 Å². The van der Waals surface area contributed by atoms with E-state index in [4.69, 9.17) is 4.42 Å². The predicted molar refractivity (Wildman–Crippen MR) is 101 cm³/mol. The molecular weight excluding hydrogens is 374 g/mol. The average Bonchev–Trinajstić information content (AvgIpc) is 3.01. The summed E-state index contributed by atoms with van der Waals surface area (Å²) in [6, 6.07) is 4.58. The molecule has 3 rings (SSSR count). The van der Waals surface area contributed by atoms with E-state index in [1.165, 1.54) is 44.4 Å². The van der Waals surface area contributed by atoms with Gasteiger partial charge in [0.15, 0.2) is 5.58 Å². The second-order valence-electron chi connectivity index (χ2n) is 6.77. The molecule has 1 atom stereocenters. The number of piperidine rings is 1. The zero-order valence-corrected chi connectivity index (χ0v) is 16.8. The third kappa shape index (κ3) is 4.05. The Kier molecular flexibility index (Phi) is 5.59. The van der Waals surface area contributed by atoms with E-state index in [9.17, 15) is 13.2 Å². The lowest BCUT2D eigenvalue weighted by molar-refractivity contribution is -0.130. The highest BCUT2D eigenvalue weighted by Crippen LogP contribution is 2.27. The molecule has 1 aromatic heterocycles. The Hall–Kier alpha value is -1.58. The third-order valence-corrected chi connectivity index (χ3v) is 7.07. The number of oxazole rings is 1. The van der Waals surface area contributed by atoms with Gasteiger partial charge in [-0.3, -0.25) is 4.79 Å². The van der Waals surface area contributed by atoms with Crippen LogP contribution >= 0.6 is 11.8 Å². The Bertz CT molecular complexity index is 908. The molecule has 2 aromatic rings. The molecule has 2 heterocycles. The normalized spacial score (nSPS) is 18.6. The van der Waals surface area contributed by atoms with E-state index in [-0.39, 0.29) is 16.6 Å². The van der Waals surface area contributed by atoms with E-state index in [2.05, 4.69) is 11.9 Å². The van der Waals surface area contributed by atoms with Gasteiger partial charge in [-0.15, -0.1) is 0 Å². The molecule has 0 spiro atoms. The molecule has 142 valence electrons. The van der Waals surface area contributed by atoms with E-state index >= 15 is 0 Å². The maximum Gasteiger partial charge on any atom is 0.257 e. The van der Waals surface area contributed by atoms with Crippen molar-refractivity contribution in [2.75, 3.05) is 32.9 Å². The van der Waals surface area contributed by atoms with Crippen molar-refractivity contribution < 1.29 is 17.6 Å². The molecule has 0 radical (unpaired) electrons. The first-order valence-electron chi connectivity index (χ1n) is 8.51. The molecule has 26 heavy (non-hydrogen) atoms. The molecule has 1 amide bonds. The lowest BCUT2D eigenvalue weighted by Crippen LogP contribution is -2.40. The zero-order chi connectivity index (χ0) is 18.9. The number of amides is 1. The molecule has 1 fully saturated rings. The number of thioether (sulfide) groups is 1. The number of rotatable bonds is 5. The van der Waals surface area contributed by atoms with E-state index in [1.54, 1.807) is 6.07 Å². The van der Waals surface area contributed by atoms with Crippen molar-refractivity contribution in [1.29, 1.82) is 0 Å². The van der Waals surface area contributed by atoms with Gasteiger partial charge in [-0.05, 0) is 37.0 Å². The first kappa shape index (κ1) is 19.2. The number of carbonyl (C=O) groups excluding carboxylic acids is 1. The molecular formula is C17H23N3O4S2. The van der Waals surface area contributed by atoms with Crippen molar-refractivity contribution >= 4 is 38.8 Å². The SMILES string of the molecule is C[C@@H]1CCCN(C(=O)CSc2nc3cc(S(=O)(=O)N(C)C)ccc3o2)C1. The summed E-state index contributed by atoms with van der Waals surface area (Å²) >= 11 is 1.24. The number of nitrogens with zero attached hydrogens (tertiary/aromatic N) is 3. The lowest BCUT2D eigenvalue weighted by atomic mass is 10.0. The summed E-state index contributed by atoms with van der Waals surface area (Å²) in [4.78, 5) is 18.7. The van der Waals surface area contributed by atoms with E-state index in [0.29, 0.717) is 22.2 Å². The van der Waals surface area contributed by atoms with Gasteiger partial charge in [-0.2, -0.15) is 0 Å². The molecule has 1 saturated heterocycles. The summed E-state index contributed by atoms with van der Waals surface area (Å²) in [5, 5.41) is 0.373. The van der Waals surface area contributed by atoms with Crippen LogP contribution in [0.25, 0.3) is 11.1 Å². The fraction of sp³-hybridized carbons (Fsp3) is 0.529. The average molecular weight is 398 g/mol. The van der Waals surface area contributed by atoms with E-state index in [1.807, 2.05) is 4.90 Å². The van der Waals surface area contributed by atoms with Crippen LogP contribution in [-0.2, 0) is 14.8 Å². The van der Waals surface area contributed by atoms with Crippen LogP contribution in [0.15, 0.2) is 32.7 Å². The second kappa shape index (κ2) is 7.58. The number of hydrogen-bond acceptors (Lipinski definition) is 6. The molecule has 9 heteroatoms. The largest absolute Gasteiger partial charge is 0.431 e. The minimum atomic E-state index is -3.52. The molecule has 1 aliphatic heterocycles. The first-order valence-corrected chi connectivity index (χ1v) is 10.9. The highest BCUT2D eigenvalue weighted by atomic mass is 32.2. The minimum absolute atomic E-state index is 0.0830. The smallest absolute Gasteiger partial charge is 0.257 e. The Balaban J connectivity index is 1.70. The Labute approximate surface area is 157 Å². The summed E-state index contributed by atoms with van der Waals surface area (Å²) < 4.78 is 31.2. The fourth-order valence-electron chi connectivity index (χ4n) is 2.95. The minimum Gasteiger partial charge on any atom is -0.431 e. The maximum atomic E-state index is 12.3. The number of sulfonamides is 1. The van der Waals surface area contributed by atoms with Gasteiger partial charge in [-0.1, -0.05) is 18.7 Å². The molecule has 0 bridgehead atoms. The maximum absolute atomic E-state index is 12.3. The van der Waals surface area contributed by atoms with Crippen molar-refractivity contribution in [2.24, 2.45) is 5.92 Å². The molecule has 0 unspecified atom stereocenters. The van der Waals surface area contributed by atoms with Gasteiger partial charge < -0.3 is 9.32 Å².